The summed E-state index contributed by atoms with van der Waals surface area (Å²) in [6.45, 7) is 2.10. The molecule has 3 aromatic rings. The van der Waals surface area contributed by atoms with Crippen molar-refractivity contribution in [2.24, 2.45) is 0 Å². The van der Waals surface area contributed by atoms with E-state index in [0.717, 1.165) is 30.0 Å². The normalized spacial score (nSPS) is 11.0. The van der Waals surface area contributed by atoms with Crippen LogP contribution in [0.3, 0.4) is 0 Å². The first-order valence-corrected chi connectivity index (χ1v) is 6.37. The summed E-state index contributed by atoms with van der Waals surface area (Å²) in [5.41, 5.74) is 9.96. The molecule has 0 aliphatic carbocycles. The third-order valence-electron chi connectivity index (χ3n) is 3.25. The minimum Gasteiger partial charge on any atom is -0.398 e. The minimum absolute atomic E-state index is 0.726. The SMILES string of the molecule is Cc1ccc(CCc2nnc3ccc(N)cn23)cc1. The first-order chi connectivity index (χ1) is 9.22. The summed E-state index contributed by atoms with van der Waals surface area (Å²) < 4.78 is 1.96. The van der Waals surface area contributed by atoms with Gasteiger partial charge in [-0.25, -0.2) is 0 Å². The molecule has 0 unspecified atom stereocenters. The van der Waals surface area contributed by atoms with Gasteiger partial charge in [0, 0.05) is 18.3 Å². The van der Waals surface area contributed by atoms with Crippen LogP contribution in [0.2, 0.25) is 0 Å². The van der Waals surface area contributed by atoms with Gasteiger partial charge in [-0.1, -0.05) is 29.8 Å². The lowest BCUT2D eigenvalue weighted by molar-refractivity contribution is 0.839. The molecule has 0 atom stereocenters. The number of hydrogen-bond acceptors (Lipinski definition) is 3. The summed E-state index contributed by atoms with van der Waals surface area (Å²) in [6, 6.07) is 12.3. The van der Waals surface area contributed by atoms with Crippen LogP contribution in [0.4, 0.5) is 5.69 Å². The van der Waals surface area contributed by atoms with Crippen LogP contribution in [-0.2, 0) is 12.8 Å². The Morgan fingerprint density at radius 1 is 1.00 bits per heavy atom. The van der Waals surface area contributed by atoms with Crippen LogP contribution >= 0.6 is 0 Å². The Kier molecular flexibility index (Phi) is 2.91. The summed E-state index contributed by atoms with van der Waals surface area (Å²) in [4.78, 5) is 0. The molecule has 2 heterocycles. The van der Waals surface area contributed by atoms with E-state index in [4.69, 9.17) is 5.73 Å². The molecule has 0 saturated carbocycles. The molecule has 96 valence electrons. The van der Waals surface area contributed by atoms with Crippen molar-refractivity contribution < 1.29 is 0 Å². The van der Waals surface area contributed by atoms with Gasteiger partial charge in [0.2, 0.25) is 0 Å². The predicted octanol–water partition coefficient (Wildman–Crippen LogP) is 2.41. The van der Waals surface area contributed by atoms with E-state index in [9.17, 15) is 0 Å². The standard InChI is InChI=1S/C15H16N4/c1-11-2-4-12(5-3-11)6-8-14-17-18-15-9-7-13(16)10-19(14)15/h2-5,7,9-10H,6,8,16H2,1H3. The molecular weight excluding hydrogens is 236 g/mol. The van der Waals surface area contributed by atoms with E-state index in [1.54, 1.807) is 0 Å². The Bertz CT molecular complexity index is 698. The Morgan fingerprint density at radius 2 is 1.79 bits per heavy atom. The second-order valence-corrected chi connectivity index (χ2v) is 4.79. The first kappa shape index (κ1) is 11.7. The zero-order chi connectivity index (χ0) is 13.2. The Morgan fingerprint density at radius 3 is 2.58 bits per heavy atom. The van der Waals surface area contributed by atoms with Crippen LogP contribution in [0, 0.1) is 6.92 Å². The maximum absolute atomic E-state index is 5.80. The smallest absolute Gasteiger partial charge is 0.160 e. The molecule has 0 aliphatic heterocycles. The average Bonchev–Trinajstić information content (AvgIpc) is 2.80. The number of nitrogen functional groups attached to an aromatic ring is 1. The van der Waals surface area contributed by atoms with E-state index in [0.29, 0.717) is 0 Å². The molecule has 0 radical (unpaired) electrons. The monoisotopic (exact) mass is 252 g/mol. The second-order valence-electron chi connectivity index (χ2n) is 4.79. The average molecular weight is 252 g/mol. The zero-order valence-corrected chi connectivity index (χ0v) is 10.9. The molecule has 19 heavy (non-hydrogen) atoms. The number of aryl methyl sites for hydroxylation is 3. The lowest BCUT2D eigenvalue weighted by Gasteiger charge is -2.02. The highest BCUT2D eigenvalue weighted by atomic mass is 15.2. The molecule has 4 nitrogen and oxygen atoms in total. The van der Waals surface area contributed by atoms with Crippen molar-refractivity contribution in [1.29, 1.82) is 0 Å². The van der Waals surface area contributed by atoms with Crippen LogP contribution in [0.5, 0.6) is 0 Å². The third kappa shape index (κ3) is 2.42. The van der Waals surface area contributed by atoms with Gasteiger partial charge in [0.1, 0.15) is 5.82 Å². The van der Waals surface area contributed by atoms with Crippen molar-refractivity contribution in [3.63, 3.8) is 0 Å². The minimum atomic E-state index is 0.726. The number of anilines is 1. The number of benzene rings is 1. The first-order valence-electron chi connectivity index (χ1n) is 6.37. The Labute approximate surface area is 111 Å². The molecule has 2 aromatic heterocycles. The second kappa shape index (κ2) is 4.72. The van der Waals surface area contributed by atoms with Crippen LogP contribution in [-0.4, -0.2) is 14.6 Å². The van der Waals surface area contributed by atoms with Gasteiger partial charge in [-0.2, -0.15) is 0 Å². The van der Waals surface area contributed by atoms with Crippen molar-refractivity contribution >= 4 is 11.3 Å². The van der Waals surface area contributed by atoms with E-state index in [2.05, 4.69) is 41.4 Å². The van der Waals surface area contributed by atoms with Gasteiger partial charge in [0.25, 0.3) is 0 Å². The quantitative estimate of drug-likeness (QED) is 0.778. The fourth-order valence-electron chi connectivity index (χ4n) is 2.14. The van der Waals surface area contributed by atoms with Crippen molar-refractivity contribution in [3.8, 4) is 0 Å². The highest BCUT2D eigenvalue weighted by molar-refractivity contribution is 5.47. The zero-order valence-electron chi connectivity index (χ0n) is 10.9. The van der Waals surface area contributed by atoms with Crippen molar-refractivity contribution in [3.05, 3.63) is 59.5 Å². The summed E-state index contributed by atoms with van der Waals surface area (Å²) in [6.07, 6.45) is 3.68. The number of pyridine rings is 1. The number of nitrogens with zero attached hydrogens (tertiary/aromatic N) is 3. The lowest BCUT2D eigenvalue weighted by atomic mass is 10.1. The molecule has 4 heteroatoms. The van der Waals surface area contributed by atoms with Crippen molar-refractivity contribution in [1.82, 2.24) is 14.6 Å². The number of nitrogens with two attached hydrogens (primary N) is 1. The summed E-state index contributed by atoms with van der Waals surface area (Å²) in [7, 11) is 0. The summed E-state index contributed by atoms with van der Waals surface area (Å²) in [5.74, 6) is 0.947. The van der Waals surface area contributed by atoms with Gasteiger partial charge in [-0.3, -0.25) is 4.40 Å². The van der Waals surface area contributed by atoms with Gasteiger partial charge < -0.3 is 5.73 Å². The topological polar surface area (TPSA) is 56.2 Å². The van der Waals surface area contributed by atoms with E-state index in [1.807, 2.05) is 22.7 Å². The fraction of sp³-hybridized carbons (Fsp3) is 0.200. The lowest BCUT2D eigenvalue weighted by Crippen LogP contribution is -1.99. The number of aromatic nitrogens is 3. The van der Waals surface area contributed by atoms with Crippen LogP contribution in [0.1, 0.15) is 17.0 Å². The maximum atomic E-state index is 5.80. The van der Waals surface area contributed by atoms with E-state index >= 15 is 0 Å². The molecule has 0 amide bonds. The molecule has 0 fully saturated rings. The van der Waals surface area contributed by atoms with E-state index in [-0.39, 0.29) is 0 Å². The van der Waals surface area contributed by atoms with Crippen LogP contribution < -0.4 is 5.73 Å². The number of fused-ring (bicyclic) bond motifs is 1. The molecule has 0 spiro atoms. The molecule has 2 N–H and O–H groups in total. The third-order valence-corrected chi connectivity index (χ3v) is 3.25. The fourth-order valence-corrected chi connectivity index (χ4v) is 2.14. The number of hydrogen-bond donors (Lipinski definition) is 1. The van der Waals surface area contributed by atoms with Crippen LogP contribution in [0.25, 0.3) is 5.65 Å². The van der Waals surface area contributed by atoms with E-state index < -0.39 is 0 Å². The maximum Gasteiger partial charge on any atom is 0.160 e. The molecular formula is C15H16N4. The predicted molar refractivity (Wildman–Crippen MR) is 76.0 cm³/mol. The van der Waals surface area contributed by atoms with E-state index in [1.165, 1.54) is 11.1 Å². The van der Waals surface area contributed by atoms with Crippen molar-refractivity contribution in [2.75, 3.05) is 5.73 Å². The summed E-state index contributed by atoms with van der Waals surface area (Å²) >= 11 is 0. The summed E-state index contributed by atoms with van der Waals surface area (Å²) in [5, 5.41) is 8.37. The number of rotatable bonds is 3. The Balaban J connectivity index is 1.81. The highest BCUT2D eigenvalue weighted by Gasteiger charge is 2.05. The molecule has 1 aromatic carbocycles. The van der Waals surface area contributed by atoms with Gasteiger partial charge >= 0.3 is 0 Å². The van der Waals surface area contributed by atoms with Gasteiger partial charge in [-0.05, 0) is 31.0 Å². The highest BCUT2D eigenvalue weighted by Crippen LogP contribution is 2.11. The van der Waals surface area contributed by atoms with Crippen LogP contribution in [0.15, 0.2) is 42.6 Å². The molecule has 0 saturated heterocycles. The van der Waals surface area contributed by atoms with Crippen molar-refractivity contribution in [2.45, 2.75) is 19.8 Å². The largest absolute Gasteiger partial charge is 0.398 e. The molecule has 0 aliphatic rings. The molecule has 3 rings (SSSR count). The molecule has 0 bridgehead atoms. The van der Waals surface area contributed by atoms with Gasteiger partial charge in [0.15, 0.2) is 5.65 Å². The Hall–Kier alpha value is -2.36. The van der Waals surface area contributed by atoms with Gasteiger partial charge in [0.05, 0.1) is 0 Å². The van der Waals surface area contributed by atoms with Gasteiger partial charge in [-0.15, -0.1) is 10.2 Å².